The standard InChI is InChI=1S/C17H16ClN3O3S2/c18-14-7-5-12(6-8-14)16-19-17(24-20-16)13-3-1-9-21(11-13)26(22,23)15-4-2-10-25-15/h2,4-8,10,13H,1,3,9,11H2/t13-/m0/s1. The summed E-state index contributed by atoms with van der Waals surface area (Å²) in [5.74, 6) is 0.850. The van der Waals surface area contributed by atoms with Gasteiger partial charge >= 0.3 is 0 Å². The Kier molecular flexibility index (Phi) is 4.83. The molecule has 0 aliphatic carbocycles. The summed E-state index contributed by atoms with van der Waals surface area (Å²) in [6.45, 7) is 0.859. The molecule has 0 unspecified atom stereocenters. The topological polar surface area (TPSA) is 76.3 Å². The summed E-state index contributed by atoms with van der Waals surface area (Å²) in [7, 11) is -3.46. The van der Waals surface area contributed by atoms with E-state index in [0.29, 0.717) is 34.0 Å². The molecule has 0 radical (unpaired) electrons. The highest BCUT2D eigenvalue weighted by Gasteiger charge is 2.33. The Morgan fingerprint density at radius 1 is 1.23 bits per heavy atom. The Morgan fingerprint density at radius 3 is 2.77 bits per heavy atom. The molecule has 1 aliphatic heterocycles. The lowest BCUT2D eigenvalue weighted by atomic mass is 10.00. The van der Waals surface area contributed by atoms with E-state index in [1.165, 1.54) is 15.6 Å². The van der Waals surface area contributed by atoms with Gasteiger partial charge < -0.3 is 4.52 Å². The summed E-state index contributed by atoms with van der Waals surface area (Å²) < 4.78 is 32.8. The van der Waals surface area contributed by atoms with Crippen molar-refractivity contribution in [2.24, 2.45) is 0 Å². The SMILES string of the molecule is O=S(=O)(c1cccs1)N1CCC[C@H](c2nc(-c3ccc(Cl)cc3)no2)C1. The fraction of sp³-hybridized carbons (Fsp3) is 0.294. The third-order valence-electron chi connectivity index (χ3n) is 4.37. The predicted octanol–water partition coefficient (Wildman–Crippen LogP) is 4.02. The second-order valence-electron chi connectivity index (χ2n) is 6.10. The summed E-state index contributed by atoms with van der Waals surface area (Å²) in [5.41, 5.74) is 0.809. The monoisotopic (exact) mass is 409 g/mol. The molecular weight excluding hydrogens is 394 g/mol. The summed E-state index contributed by atoms with van der Waals surface area (Å²) >= 11 is 7.13. The van der Waals surface area contributed by atoms with Gasteiger partial charge in [0, 0.05) is 23.7 Å². The molecule has 0 bridgehead atoms. The quantitative estimate of drug-likeness (QED) is 0.650. The molecule has 136 valence electrons. The van der Waals surface area contributed by atoms with Crippen LogP contribution in [0.25, 0.3) is 11.4 Å². The molecule has 3 heterocycles. The van der Waals surface area contributed by atoms with Crippen LogP contribution >= 0.6 is 22.9 Å². The van der Waals surface area contributed by atoms with Gasteiger partial charge in [-0.2, -0.15) is 9.29 Å². The van der Waals surface area contributed by atoms with Crippen molar-refractivity contribution >= 4 is 33.0 Å². The number of halogens is 1. The Labute approximate surface area is 160 Å². The first-order chi connectivity index (χ1) is 12.5. The average molecular weight is 410 g/mol. The molecule has 1 atom stereocenters. The van der Waals surface area contributed by atoms with Crippen LogP contribution in [0.1, 0.15) is 24.7 Å². The van der Waals surface area contributed by atoms with Crippen LogP contribution in [0, 0.1) is 0 Å². The smallest absolute Gasteiger partial charge is 0.252 e. The fourth-order valence-corrected chi connectivity index (χ4v) is 5.81. The molecule has 6 nitrogen and oxygen atoms in total. The highest BCUT2D eigenvalue weighted by Crippen LogP contribution is 2.31. The van der Waals surface area contributed by atoms with E-state index in [1.807, 2.05) is 12.1 Å². The fourth-order valence-electron chi connectivity index (χ4n) is 3.02. The molecule has 2 aromatic heterocycles. The third-order valence-corrected chi connectivity index (χ3v) is 7.86. The molecule has 0 N–H and O–H groups in total. The molecule has 1 saturated heterocycles. The zero-order valence-electron chi connectivity index (χ0n) is 13.7. The van der Waals surface area contributed by atoms with Gasteiger partial charge in [-0.15, -0.1) is 11.3 Å². The Morgan fingerprint density at radius 2 is 2.04 bits per heavy atom. The average Bonchev–Trinajstić information content (AvgIpc) is 3.35. The molecule has 3 aromatic rings. The lowest BCUT2D eigenvalue weighted by Gasteiger charge is -2.29. The van der Waals surface area contributed by atoms with Crippen LogP contribution in [0.5, 0.6) is 0 Å². The van der Waals surface area contributed by atoms with E-state index < -0.39 is 10.0 Å². The molecule has 1 aromatic carbocycles. The van der Waals surface area contributed by atoms with E-state index in [1.54, 1.807) is 29.6 Å². The van der Waals surface area contributed by atoms with Gasteiger partial charge in [0.15, 0.2) is 0 Å². The second kappa shape index (κ2) is 7.11. The molecule has 0 spiro atoms. The van der Waals surface area contributed by atoms with Gasteiger partial charge in [0.25, 0.3) is 10.0 Å². The van der Waals surface area contributed by atoms with Crippen molar-refractivity contribution in [2.45, 2.75) is 23.0 Å². The minimum atomic E-state index is -3.46. The van der Waals surface area contributed by atoms with E-state index in [2.05, 4.69) is 10.1 Å². The van der Waals surface area contributed by atoms with Crippen LogP contribution in [0.4, 0.5) is 0 Å². The minimum absolute atomic E-state index is 0.105. The minimum Gasteiger partial charge on any atom is -0.339 e. The number of nitrogens with zero attached hydrogens (tertiary/aromatic N) is 3. The maximum absolute atomic E-state index is 12.7. The Bertz CT molecular complexity index is 985. The highest BCUT2D eigenvalue weighted by molar-refractivity contribution is 7.91. The van der Waals surface area contributed by atoms with Gasteiger partial charge in [0.1, 0.15) is 4.21 Å². The van der Waals surface area contributed by atoms with Crippen molar-refractivity contribution in [3.63, 3.8) is 0 Å². The number of hydrogen-bond donors (Lipinski definition) is 0. The van der Waals surface area contributed by atoms with Crippen LogP contribution < -0.4 is 0 Å². The van der Waals surface area contributed by atoms with Gasteiger partial charge in [0.05, 0.1) is 5.92 Å². The summed E-state index contributed by atoms with van der Waals surface area (Å²) in [6, 6.07) is 10.6. The number of hydrogen-bond acceptors (Lipinski definition) is 6. The van der Waals surface area contributed by atoms with Gasteiger partial charge in [-0.25, -0.2) is 8.42 Å². The van der Waals surface area contributed by atoms with E-state index >= 15 is 0 Å². The molecule has 0 saturated carbocycles. The first-order valence-corrected chi connectivity index (χ1v) is 10.9. The number of rotatable bonds is 4. The molecule has 0 amide bonds. The van der Waals surface area contributed by atoms with Crippen LogP contribution in [0.3, 0.4) is 0 Å². The van der Waals surface area contributed by atoms with Crippen molar-refractivity contribution in [2.75, 3.05) is 13.1 Å². The molecular formula is C17H16ClN3O3S2. The zero-order valence-corrected chi connectivity index (χ0v) is 16.1. The molecule has 9 heteroatoms. The van der Waals surface area contributed by atoms with E-state index in [-0.39, 0.29) is 5.92 Å². The largest absolute Gasteiger partial charge is 0.339 e. The van der Waals surface area contributed by atoms with Gasteiger partial charge in [-0.3, -0.25) is 0 Å². The van der Waals surface area contributed by atoms with Crippen molar-refractivity contribution in [3.8, 4) is 11.4 Å². The maximum atomic E-state index is 12.7. The number of benzene rings is 1. The van der Waals surface area contributed by atoms with Crippen LogP contribution in [0.2, 0.25) is 5.02 Å². The van der Waals surface area contributed by atoms with E-state index in [9.17, 15) is 8.42 Å². The number of sulfonamides is 1. The Balaban J connectivity index is 1.54. The molecule has 4 rings (SSSR count). The zero-order chi connectivity index (χ0) is 18.1. The third kappa shape index (κ3) is 3.42. The normalized spacial score (nSPS) is 18.9. The lowest BCUT2D eigenvalue weighted by molar-refractivity contribution is 0.266. The highest BCUT2D eigenvalue weighted by atomic mass is 35.5. The van der Waals surface area contributed by atoms with Gasteiger partial charge in [-0.05, 0) is 48.6 Å². The van der Waals surface area contributed by atoms with Gasteiger partial charge in [0.2, 0.25) is 11.7 Å². The molecule has 1 aliphatic rings. The maximum Gasteiger partial charge on any atom is 0.252 e. The van der Waals surface area contributed by atoms with Crippen LogP contribution in [-0.4, -0.2) is 36.0 Å². The number of aromatic nitrogens is 2. The Hall–Kier alpha value is -1.74. The molecule has 1 fully saturated rings. The number of piperidine rings is 1. The van der Waals surface area contributed by atoms with Crippen molar-refractivity contribution in [3.05, 3.63) is 52.7 Å². The lowest BCUT2D eigenvalue weighted by Crippen LogP contribution is -2.38. The molecule has 26 heavy (non-hydrogen) atoms. The van der Waals surface area contributed by atoms with Crippen molar-refractivity contribution < 1.29 is 12.9 Å². The summed E-state index contributed by atoms with van der Waals surface area (Å²) in [6.07, 6.45) is 1.58. The van der Waals surface area contributed by atoms with Crippen molar-refractivity contribution in [1.29, 1.82) is 0 Å². The first kappa shape index (κ1) is 17.7. The van der Waals surface area contributed by atoms with Crippen LogP contribution in [-0.2, 0) is 10.0 Å². The van der Waals surface area contributed by atoms with E-state index in [0.717, 1.165) is 18.4 Å². The van der Waals surface area contributed by atoms with Gasteiger partial charge in [-0.1, -0.05) is 22.8 Å². The van der Waals surface area contributed by atoms with Crippen LogP contribution in [0.15, 0.2) is 50.5 Å². The van der Waals surface area contributed by atoms with Crippen molar-refractivity contribution in [1.82, 2.24) is 14.4 Å². The summed E-state index contributed by atoms with van der Waals surface area (Å²) in [4.78, 5) is 4.47. The number of thiophene rings is 1. The second-order valence-corrected chi connectivity index (χ2v) is 9.65. The van der Waals surface area contributed by atoms with E-state index in [4.69, 9.17) is 16.1 Å². The summed E-state index contributed by atoms with van der Waals surface area (Å²) in [5, 5.41) is 6.44. The predicted molar refractivity (Wildman–Crippen MR) is 99.8 cm³/mol. The first-order valence-electron chi connectivity index (χ1n) is 8.17.